The van der Waals surface area contributed by atoms with Gasteiger partial charge in [-0.05, 0) is 11.6 Å². The summed E-state index contributed by atoms with van der Waals surface area (Å²) in [6.45, 7) is 0. The van der Waals surface area contributed by atoms with Crippen LogP contribution in [0.1, 0.15) is 11.3 Å². The summed E-state index contributed by atoms with van der Waals surface area (Å²) in [6.07, 6.45) is 4.02. The van der Waals surface area contributed by atoms with E-state index in [9.17, 15) is 4.79 Å². The lowest BCUT2D eigenvalue weighted by Gasteiger charge is -2.05. The van der Waals surface area contributed by atoms with E-state index >= 15 is 0 Å². The molecule has 0 atom stereocenters. The number of imidazole rings is 1. The van der Waals surface area contributed by atoms with Gasteiger partial charge < -0.3 is 4.98 Å². The number of rotatable bonds is 3. The maximum absolute atomic E-state index is 11.6. The van der Waals surface area contributed by atoms with E-state index in [0.29, 0.717) is 23.5 Å². The Morgan fingerprint density at radius 3 is 2.68 bits per heavy atom. The molecule has 3 heterocycles. The molecule has 3 aromatic heterocycles. The minimum atomic E-state index is -0.295. The normalized spacial score (nSPS) is 11.1. The van der Waals surface area contributed by atoms with Crippen molar-refractivity contribution in [1.29, 1.82) is 0 Å². The zero-order valence-electron chi connectivity index (χ0n) is 11.5. The lowest BCUT2D eigenvalue weighted by Crippen LogP contribution is -2.05. The summed E-state index contributed by atoms with van der Waals surface area (Å²) in [5, 5.41) is 4.14. The second-order valence-electron chi connectivity index (χ2n) is 4.89. The van der Waals surface area contributed by atoms with Crippen molar-refractivity contribution in [3.05, 3.63) is 70.5 Å². The van der Waals surface area contributed by atoms with Gasteiger partial charge in [-0.3, -0.25) is 4.98 Å². The lowest BCUT2D eigenvalue weighted by atomic mass is 10.1. The minimum Gasteiger partial charge on any atom is -0.303 e. The molecule has 0 unspecified atom stereocenters. The highest BCUT2D eigenvalue weighted by molar-refractivity contribution is 5.73. The van der Waals surface area contributed by atoms with Gasteiger partial charge in [-0.25, -0.2) is 14.5 Å². The molecule has 0 bridgehead atoms. The molecule has 22 heavy (non-hydrogen) atoms. The van der Waals surface area contributed by atoms with Crippen LogP contribution in [0, 0.1) is 0 Å². The number of aromatic amines is 2. The molecular formula is C15H12N6O. The smallest absolute Gasteiger partial charge is 0.303 e. The topological polar surface area (TPSA) is 92.2 Å². The summed E-state index contributed by atoms with van der Waals surface area (Å²) in [5.74, 6) is 0.429. The lowest BCUT2D eigenvalue weighted by molar-refractivity contribution is 0.804. The molecule has 0 amide bonds. The Morgan fingerprint density at radius 1 is 1.05 bits per heavy atom. The molecule has 0 saturated heterocycles. The standard InChI is InChI=1S/C15H12N6O/c22-15-18-12-11(9-10-5-2-1-3-6-10)17-14(19-13(12)20-15)21-8-4-7-16-21/h1-8H,9H2,(H2,17,18,19,20,22). The van der Waals surface area contributed by atoms with E-state index in [1.165, 1.54) is 0 Å². The van der Waals surface area contributed by atoms with E-state index in [1.54, 1.807) is 23.1 Å². The molecule has 4 aromatic rings. The van der Waals surface area contributed by atoms with Crippen molar-refractivity contribution in [3.8, 4) is 5.95 Å². The van der Waals surface area contributed by atoms with Gasteiger partial charge >= 0.3 is 5.69 Å². The third-order valence-electron chi connectivity index (χ3n) is 3.37. The fraction of sp³-hybridized carbons (Fsp3) is 0.0667. The zero-order valence-corrected chi connectivity index (χ0v) is 11.5. The van der Waals surface area contributed by atoms with Crippen molar-refractivity contribution >= 4 is 11.2 Å². The highest BCUT2D eigenvalue weighted by atomic mass is 16.1. The number of fused-ring (bicyclic) bond motifs is 1. The van der Waals surface area contributed by atoms with Crippen LogP contribution in [0.2, 0.25) is 0 Å². The van der Waals surface area contributed by atoms with Gasteiger partial charge in [-0.2, -0.15) is 10.1 Å². The molecule has 0 aliphatic heterocycles. The van der Waals surface area contributed by atoms with Crippen LogP contribution in [0.5, 0.6) is 0 Å². The van der Waals surface area contributed by atoms with Gasteiger partial charge in [0.25, 0.3) is 5.95 Å². The Bertz CT molecular complexity index is 968. The first kappa shape index (κ1) is 12.5. The van der Waals surface area contributed by atoms with Crippen molar-refractivity contribution in [2.24, 2.45) is 0 Å². The molecule has 0 spiro atoms. The number of hydrogen-bond donors (Lipinski definition) is 2. The van der Waals surface area contributed by atoms with E-state index in [1.807, 2.05) is 30.3 Å². The fourth-order valence-corrected chi connectivity index (χ4v) is 2.38. The Labute approximate surface area is 124 Å². The number of H-pyrrole nitrogens is 2. The first-order chi connectivity index (χ1) is 10.8. The van der Waals surface area contributed by atoms with Crippen LogP contribution in [-0.4, -0.2) is 29.7 Å². The third-order valence-corrected chi connectivity index (χ3v) is 3.37. The number of nitrogens with zero attached hydrogens (tertiary/aromatic N) is 4. The van der Waals surface area contributed by atoms with Crippen LogP contribution in [0.15, 0.2) is 53.6 Å². The third kappa shape index (κ3) is 2.18. The first-order valence-corrected chi connectivity index (χ1v) is 6.82. The summed E-state index contributed by atoms with van der Waals surface area (Å²) < 4.78 is 1.57. The molecule has 1 aromatic carbocycles. The van der Waals surface area contributed by atoms with E-state index < -0.39 is 0 Å². The highest BCUT2D eigenvalue weighted by Gasteiger charge is 2.12. The summed E-state index contributed by atoms with van der Waals surface area (Å²) in [4.78, 5) is 25.9. The summed E-state index contributed by atoms with van der Waals surface area (Å²) in [5.41, 5.74) is 2.67. The Balaban J connectivity index is 1.89. The van der Waals surface area contributed by atoms with Gasteiger partial charge in [-0.15, -0.1) is 0 Å². The number of hydrogen-bond acceptors (Lipinski definition) is 4. The maximum Gasteiger partial charge on any atom is 0.325 e. The SMILES string of the molecule is O=c1[nH]c2nc(-n3cccn3)nc(Cc3ccccc3)c2[nH]1. The van der Waals surface area contributed by atoms with E-state index in [0.717, 1.165) is 11.3 Å². The zero-order chi connectivity index (χ0) is 14.9. The molecule has 108 valence electrons. The van der Waals surface area contributed by atoms with Crippen LogP contribution in [0.25, 0.3) is 17.1 Å². The van der Waals surface area contributed by atoms with Crippen molar-refractivity contribution < 1.29 is 0 Å². The second-order valence-corrected chi connectivity index (χ2v) is 4.89. The van der Waals surface area contributed by atoms with Crippen LogP contribution in [0.4, 0.5) is 0 Å². The molecule has 7 nitrogen and oxygen atoms in total. The average Bonchev–Trinajstić information content (AvgIpc) is 3.16. The van der Waals surface area contributed by atoms with Crippen LogP contribution >= 0.6 is 0 Å². The van der Waals surface area contributed by atoms with Crippen molar-refractivity contribution in [3.63, 3.8) is 0 Å². The number of aromatic nitrogens is 6. The summed E-state index contributed by atoms with van der Waals surface area (Å²) in [6, 6.07) is 11.7. The predicted molar refractivity (Wildman–Crippen MR) is 80.9 cm³/mol. The van der Waals surface area contributed by atoms with Crippen molar-refractivity contribution in [2.75, 3.05) is 0 Å². The average molecular weight is 292 g/mol. The van der Waals surface area contributed by atoms with Crippen LogP contribution in [0.3, 0.4) is 0 Å². The van der Waals surface area contributed by atoms with Gasteiger partial charge in [0.2, 0.25) is 0 Å². The second kappa shape index (κ2) is 4.96. The summed E-state index contributed by atoms with van der Waals surface area (Å²) >= 11 is 0. The molecule has 0 aliphatic carbocycles. The molecule has 0 aliphatic rings. The van der Waals surface area contributed by atoms with Crippen molar-refractivity contribution in [2.45, 2.75) is 6.42 Å². The van der Waals surface area contributed by atoms with Crippen LogP contribution in [-0.2, 0) is 6.42 Å². The monoisotopic (exact) mass is 292 g/mol. The van der Waals surface area contributed by atoms with E-state index in [2.05, 4.69) is 25.0 Å². The molecule has 2 N–H and O–H groups in total. The van der Waals surface area contributed by atoms with Gasteiger partial charge in [0.15, 0.2) is 5.65 Å². The van der Waals surface area contributed by atoms with E-state index in [4.69, 9.17) is 0 Å². The molecule has 7 heteroatoms. The highest BCUT2D eigenvalue weighted by Crippen LogP contribution is 2.16. The largest absolute Gasteiger partial charge is 0.325 e. The molecular weight excluding hydrogens is 280 g/mol. The molecule has 4 rings (SSSR count). The van der Waals surface area contributed by atoms with Gasteiger partial charge in [-0.1, -0.05) is 30.3 Å². The molecule has 0 radical (unpaired) electrons. The van der Waals surface area contributed by atoms with E-state index in [-0.39, 0.29) is 5.69 Å². The first-order valence-electron chi connectivity index (χ1n) is 6.82. The maximum atomic E-state index is 11.6. The van der Waals surface area contributed by atoms with Gasteiger partial charge in [0.05, 0.1) is 5.69 Å². The predicted octanol–water partition coefficient (Wildman–Crippen LogP) is 1.42. The summed E-state index contributed by atoms with van der Waals surface area (Å²) in [7, 11) is 0. The number of benzene rings is 1. The van der Waals surface area contributed by atoms with Crippen LogP contribution < -0.4 is 5.69 Å². The number of nitrogens with one attached hydrogen (secondary N) is 2. The minimum absolute atomic E-state index is 0.295. The van der Waals surface area contributed by atoms with Gasteiger partial charge in [0, 0.05) is 18.8 Å². The van der Waals surface area contributed by atoms with Crippen molar-refractivity contribution in [1.82, 2.24) is 29.7 Å². The fourth-order valence-electron chi connectivity index (χ4n) is 2.38. The Hall–Kier alpha value is -3.22. The van der Waals surface area contributed by atoms with Gasteiger partial charge in [0.1, 0.15) is 5.52 Å². The Kier molecular flexibility index (Phi) is 2.82. The molecule has 0 fully saturated rings. The molecule has 0 saturated carbocycles. The Morgan fingerprint density at radius 2 is 1.91 bits per heavy atom. The quantitative estimate of drug-likeness (QED) is 0.597.